The predicted molar refractivity (Wildman–Crippen MR) is 108 cm³/mol. The van der Waals surface area contributed by atoms with Crippen molar-refractivity contribution in [3.63, 3.8) is 0 Å². The number of sulfonamides is 1. The van der Waals surface area contributed by atoms with E-state index >= 15 is 0 Å². The molecule has 0 unspecified atom stereocenters. The molecule has 3 aromatic rings. The molecule has 6 nitrogen and oxygen atoms in total. The summed E-state index contributed by atoms with van der Waals surface area (Å²) in [7, 11) is -3.84. The third kappa shape index (κ3) is 5.24. The average molecular weight is 435 g/mol. The van der Waals surface area contributed by atoms with E-state index in [1.165, 1.54) is 42.5 Å². The van der Waals surface area contributed by atoms with Crippen LogP contribution in [0.15, 0.2) is 71.6 Å². The van der Waals surface area contributed by atoms with E-state index in [4.69, 9.17) is 11.6 Å². The lowest BCUT2D eigenvalue weighted by Crippen LogP contribution is -2.23. The molecule has 1 amide bonds. The van der Waals surface area contributed by atoms with Crippen molar-refractivity contribution in [3.8, 4) is 5.75 Å². The van der Waals surface area contributed by atoms with Crippen molar-refractivity contribution in [1.29, 1.82) is 0 Å². The highest BCUT2D eigenvalue weighted by atomic mass is 35.5. The maximum absolute atomic E-state index is 12.9. The van der Waals surface area contributed by atoms with E-state index in [9.17, 15) is 22.7 Å². The molecule has 0 saturated carbocycles. The van der Waals surface area contributed by atoms with Gasteiger partial charge in [0.25, 0.3) is 15.9 Å². The Morgan fingerprint density at radius 1 is 1.00 bits per heavy atom. The van der Waals surface area contributed by atoms with Gasteiger partial charge in [0.15, 0.2) is 0 Å². The maximum atomic E-state index is 12.9. The molecule has 0 aliphatic heterocycles. The minimum atomic E-state index is -3.84. The number of rotatable bonds is 6. The summed E-state index contributed by atoms with van der Waals surface area (Å²) in [6.07, 6.45) is 0. The van der Waals surface area contributed by atoms with Crippen LogP contribution in [0.3, 0.4) is 0 Å². The molecule has 150 valence electrons. The molecule has 0 atom stereocenters. The summed E-state index contributed by atoms with van der Waals surface area (Å²) in [6, 6.07) is 15.0. The van der Waals surface area contributed by atoms with Gasteiger partial charge in [-0.05, 0) is 60.2 Å². The Labute approximate surface area is 172 Å². The molecule has 0 saturated heterocycles. The van der Waals surface area contributed by atoms with E-state index in [-0.39, 0.29) is 28.4 Å². The normalized spacial score (nSPS) is 11.1. The summed E-state index contributed by atoms with van der Waals surface area (Å²) in [6.45, 7) is 0.122. The third-order valence-corrected chi connectivity index (χ3v) is 5.62. The minimum Gasteiger partial charge on any atom is -0.507 e. The lowest BCUT2D eigenvalue weighted by Gasteiger charge is -2.10. The number of phenols is 1. The molecule has 3 aromatic carbocycles. The largest absolute Gasteiger partial charge is 0.507 e. The van der Waals surface area contributed by atoms with E-state index in [0.29, 0.717) is 10.6 Å². The minimum absolute atomic E-state index is 0.0180. The monoisotopic (exact) mass is 434 g/mol. The van der Waals surface area contributed by atoms with Crippen LogP contribution in [0.5, 0.6) is 5.75 Å². The Kier molecular flexibility index (Phi) is 6.05. The number of phenolic OH excluding ortho intramolecular Hbond substituents is 1. The van der Waals surface area contributed by atoms with Crippen molar-refractivity contribution in [1.82, 2.24) is 5.32 Å². The lowest BCUT2D eigenvalue weighted by atomic mass is 10.1. The molecule has 0 aliphatic rings. The van der Waals surface area contributed by atoms with Crippen molar-refractivity contribution in [2.45, 2.75) is 11.4 Å². The molecule has 0 fully saturated rings. The standard InChI is InChI=1S/C20H16ClFN2O4S/c21-14-3-10-19(25)18(11-14)20(26)23-12-13-1-8-17(9-2-13)29(27,28)24-16-6-4-15(22)5-7-16/h1-11,24-25H,12H2,(H,23,26). The zero-order chi connectivity index (χ0) is 21.0. The number of carbonyl (C=O) groups is 1. The quantitative estimate of drug-likeness (QED) is 0.548. The van der Waals surface area contributed by atoms with Gasteiger partial charge in [0.05, 0.1) is 10.5 Å². The first-order valence-corrected chi connectivity index (χ1v) is 10.2. The van der Waals surface area contributed by atoms with Crippen LogP contribution < -0.4 is 10.0 Å². The first kappa shape index (κ1) is 20.6. The van der Waals surface area contributed by atoms with Crippen LogP contribution in [0.2, 0.25) is 5.02 Å². The molecule has 0 bridgehead atoms. The van der Waals surface area contributed by atoms with Gasteiger partial charge in [0.1, 0.15) is 11.6 Å². The van der Waals surface area contributed by atoms with E-state index in [0.717, 1.165) is 12.1 Å². The highest BCUT2D eigenvalue weighted by Gasteiger charge is 2.15. The molecule has 0 radical (unpaired) electrons. The number of aromatic hydroxyl groups is 1. The fraction of sp³-hybridized carbons (Fsp3) is 0.0500. The fourth-order valence-electron chi connectivity index (χ4n) is 2.49. The Morgan fingerprint density at radius 3 is 2.31 bits per heavy atom. The molecule has 3 rings (SSSR count). The third-order valence-electron chi connectivity index (χ3n) is 3.99. The van der Waals surface area contributed by atoms with E-state index in [1.54, 1.807) is 12.1 Å². The van der Waals surface area contributed by atoms with Gasteiger partial charge < -0.3 is 10.4 Å². The number of benzene rings is 3. The van der Waals surface area contributed by atoms with E-state index in [1.807, 2.05) is 0 Å². The van der Waals surface area contributed by atoms with Crippen molar-refractivity contribution >= 4 is 33.2 Å². The fourth-order valence-corrected chi connectivity index (χ4v) is 3.72. The van der Waals surface area contributed by atoms with Crippen LogP contribution in [0.4, 0.5) is 10.1 Å². The molecular formula is C20H16ClFN2O4S. The smallest absolute Gasteiger partial charge is 0.261 e. The topological polar surface area (TPSA) is 95.5 Å². The Hall–Kier alpha value is -3.10. The lowest BCUT2D eigenvalue weighted by molar-refractivity contribution is 0.0948. The first-order valence-electron chi connectivity index (χ1n) is 8.39. The zero-order valence-electron chi connectivity index (χ0n) is 14.9. The number of hydrogen-bond acceptors (Lipinski definition) is 4. The summed E-state index contributed by atoms with van der Waals surface area (Å²) in [4.78, 5) is 12.2. The molecule has 9 heteroatoms. The van der Waals surface area contributed by atoms with Crippen LogP contribution >= 0.6 is 11.6 Å². The van der Waals surface area contributed by atoms with Gasteiger partial charge >= 0.3 is 0 Å². The van der Waals surface area contributed by atoms with Crippen molar-refractivity contribution in [3.05, 3.63) is 88.7 Å². The highest BCUT2D eigenvalue weighted by molar-refractivity contribution is 7.92. The molecule has 29 heavy (non-hydrogen) atoms. The van der Waals surface area contributed by atoms with Crippen LogP contribution in [-0.2, 0) is 16.6 Å². The number of amides is 1. The Balaban J connectivity index is 1.66. The summed E-state index contributed by atoms with van der Waals surface area (Å²) >= 11 is 5.83. The molecule has 3 N–H and O–H groups in total. The van der Waals surface area contributed by atoms with Crippen LogP contribution in [-0.4, -0.2) is 19.4 Å². The number of anilines is 1. The number of carbonyl (C=O) groups excluding carboxylic acids is 1. The molecule has 0 aromatic heterocycles. The second-order valence-corrected chi connectivity index (χ2v) is 8.22. The van der Waals surface area contributed by atoms with Crippen LogP contribution in [0.25, 0.3) is 0 Å². The Bertz CT molecular complexity index is 1130. The van der Waals surface area contributed by atoms with Crippen molar-refractivity contribution in [2.75, 3.05) is 4.72 Å². The van der Waals surface area contributed by atoms with E-state index < -0.39 is 21.7 Å². The van der Waals surface area contributed by atoms with Gasteiger partial charge in [-0.3, -0.25) is 9.52 Å². The van der Waals surface area contributed by atoms with Gasteiger partial charge in [-0.1, -0.05) is 23.7 Å². The average Bonchev–Trinajstić information content (AvgIpc) is 2.70. The molecule has 0 aliphatic carbocycles. The van der Waals surface area contributed by atoms with Gasteiger partial charge in [-0.25, -0.2) is 12.8 Å². The number of nitrogens with one attached hydrogen (secondary N) is 2. The van der Waals surface area contributed by atoms with Crippen LogP contribution in [0.1, 0.15) is 15.9 Å². The maximum Gasteiger partial charge on any atom is 0.261 e. The summed E-state index contributed by atoms with van der Waals surface area (Å²) in [5.41, 5.74) is 0.935. The second-order valence-electron chi connectivity index (χ2n) is 6.10. The second kappa shape index (κ2) is 8.50. The van der Waals surface area contributed by atoms with Crippen LogP contribution in [0, 0.1) is 5.82 Å². The van der Waals surface area contributed by atoms with Gasteiger partial charge in [0, 0.05) is 17.3 Å². The molecule has 0 spiro atoms. The van der Waals surface area contributed by atoms with Gasteiger partial charge in [-0.2, -0.15) is 0 Å². The summed E-state index contributed by atoms with van der Waals surface area (Å²) < 4.78 is 40.1. The zero-order valence-corrected chi connectivity index (χ0v) is 16.5. The molecular weight excluding hydrogens is 419 g/mol. The van der Waals surface area contributed by atoms with Crippen molar-refractivity contribution < 1.29 is 22.7 Å². The van der Waals surface area contributed by atoms with E-state index in [2.05, 4.69) is 10.0 Å². The first-order chi connectivity index (χ1) is 13.7. The van der Waals surface area contributed by atoms with Gasteiger partial charge in [-0.15, -0.1) is 0 Å². The van der Waals surface area contributed by atoms with Gasteiger partial charge in [0.2, 0.25) is 0 Å². The summed E-state index contributed by atoms with van der Waals surface area (Å²) in [5.74, 6) is -1.18. The number of halogens is 2. The SMILES string of the molecule is O=C(NCc1ccc(S(=O)(=O)Nc2ccc(F)cc2)cc1)c1cc(Cl)ccc1O. The molecule has 0 heterocycles. The van der Waals surface area contributed by atoms with Crippen molar-refractivity contribution in [2.24, 2.45) is 0 Å². The predicted octanol–water partition coefficient (Wildman–Crippen LogP) is 3.92. The number of hydrogen-bond donors (Lipinski definition) is 3. The Morgan fingerprint density at radius 2 is 1.66 bits per heavy atom. The highest BCUT2D eigenvalue weighted by Crippen LogP contribution is 2.21. The summed E-state index contributed by atoms with van der Waals surface area (Å²) in [5, 5.41) is 12.7.